The highest BCUT2D eigenvalue weighted by molar-refractivity contribution is 7.35. The maximum absolute atomic E-state index is 6.17. The Bertz CT molecular complexity index is 171. The summed E-state index contributed by atoms with van der Waals surface area (Å²) in [6.07, 6.45) is 5.46. The molecule has 0 aromatic rings. The minimum atomic E-state index is -1.43. The first kappa shape index (κ1) is 8.40. The first-order chi connectivity index (χ1) is 5.15. The zero-order chi connectivity index (χ0) is 8.06. The summed E-state index contributed by atoms with van der Waals surface area (Å²) in [5, 5.41) is 0.438. The second-order valence-corrected chi connectivity index (χ2v) is 9.32. The van der Waals surface area contributed by atoms with Crippen molar-refractivity contribution in [3.05, 3.63) is 0 Å². The van der Waals surface area contributed by atoms with Gasteiger partial charge in [0.1, 0.15) is 0 Å². The zero-order valence-electron chi connectivity index (χ0n) is 6.82. The molecule has 3 atom stereocenters. The molecule has 0 radical (unpaired) electrons. The molecule has 11 heavy (non-hydrogen) atoms. The summed E-state index contributed by atoms with van der Waals surface area (Å²) in [5.41, 5.74) is 0. The summed E-state index contributed by atoms with van der Waals surface area (Å²) in [6.45, 7) is 2.34. The van der Waals surface area contributed by atoms with Crippen LogP contribution in [0.15, 0.2) is 0 Å². The number of hydrogen-bond donors (Lipinski definition) is 0. The molecule has 3 unspecified atom stereocenters. The van der Waals surface area contributed by atoms with Crippen LogP contribution in [0.3, 0.4) is 0 Å². The Morgan fingerprint density at radius 2 is 2.18 bits per heavy atom. The standard InChI is InChI=1S/C8H14Cl2Si/c1-6-4-7-2-3-8(6,5-7)11(9)10/h6-7,11H,2-5H2,1H3. The van der Waals surface area contributed by atoms with Crippen molar-refractivity contribution in [2.24, 2.45) is 11.8 Å². The van der Waals surface area contributed by atoms with E-state index in [0.717, 1.165) is 11.8 Å². The fraction of sp³-hybridized carbons (Fsp3) is 1.00. The van der Waals surface area contributed by atoms with Crippen molar-refractivity contribution in [3.8, 4) is 0 Å². The first-order valence-electron chi connectivity index (χ1n) is 4.43. The molecule has 0 aromatic carbocycles. The number of halogens is 2. The second-order valence-electron chi connectivity index (χ2n) is 4.28. The lowest BCUT2D eigenvalue weighted by atomic mass is 9.90. The first-order valence-corrected chi connectivity index (χ1v) is 8.50. The molecule has 0 spiro atoms. The van der Waals surface area contributed by atoms with Gasteiger partial charge in [-0.1, -0.05) is 13.3 Å². The van der Waals surface area contributed by atoms with Crippen LogP contribution in [-0.4, -0.2) is 7.42 Å². The van der Waals surface area contributed by atoms with Crippen LogP contribution in [0.1, 0.15) is 32.6 Å². The Hall–Kier alpha value is 0.797. The van der Waals surface area contributed by atoms with E-state index in [-0.39, 0.29) is 0 Å². The lowest BCUT2D eigenvalue weighted by Gasteiger charge is -2.32. The van der Waals surface area contributed by atoms with E-state index in [2.05, 4.69) is 6.92 Å². The van der Waals surface area contributed by atoms with E-state index >= 15 is 0 Å². The van der Waals surface area contributed by atoms with Gasteiger partial charge in [-0.3, -0.25) is 0 Å². The molecule has 2 fully saturated rings. The Balaban J connectivity index is 2.22. The highest BCUT2D eigenvalue weighted by Gasteiger charge is 2.54. The van der Waals surface area contributed by atoms with Gasteiger partial charge in [-0.15, -0.1) is 22.2 Å². The van der Waals surface area contributed by atoms with Crippen LogP contribution in [0.5, 0.6) is 0 Å². The predicted octanol–water partition coefficient (Wildman–Crippen LogP) is 3.26. The van der Waals surface area contributed by atoms with E-state index in [1.54, 1.807) is 0 Å². The van der Waals surface area contributed by atoms with Crippen LogP contribution in [0.25, 0.3) is 0 Å². The van der Waals surface area contributed by atoms with E-state index in [1.807, 2.05) is 0 Å². The van der Waals surface area contributed by atoms with Gasteiger partial charge in [0.25, 0.3) is 0 Å². The summed E-state index contributed by atoms with van der Waals surface area (Å²) in [7, 11) is -1.43. The molecule has 0 nitrogen and oxygen atoms in total. The van der Waals surface area contributed by atoms with Crippen LogP contribution in [0.2, 0.25) is 5.04 Å². The summed E-state index contributed by atoms with van der Waals surface area (Å²) in [6, 6.07) is 0. The van der Waals surface area contributed by atoms with E-state index in [9.17, 15) is 0 Å². The largest absolute Gasteiger partial charge is 0.243 e. The summed E-state index contributed by atoms with van der Waals surface area (Å²) >= 11 is 12.3. The Labute approximate surface area is 79.3 Å². The minimum absolute atomic E-state index is 0.438. The van der Waals surface area contributed by atoms with Gasteiger partial charge in [0.05, 0.1) is 0 Å². The summed E-state index contributed by atoms with van der Waals surface area (Å²) < 4.78 is 0. The van der Waals surface area contributed by atoms with E-state index in [4.69, 9.17) is 22.2 Å². The zero-order valence-corrected chi connectivity index (χ0v) is 9.48. The molecule has 2 aliphatic carbocycles. The van der Waals surface area contributed by atoms with Crippen molar-refractivity contribution < 1.29 is 0 Å². The monoisotopic (exact) mass is 208 g/mol. The SMILES string of the molecule is CC1CC2CCC1([SiH](Cl)Cl)C2. The molecule has 0 N–H and O–H groups in total. The Kier molecular flexibility index (Phi) is 2.02. The van der Waals surface area contributed by atoms with E-state index in [1.165, 1.54) is 25.7 Å². The molecule has 0 aliphatic heterocycles. The van der Waals surface area contributed by atoms with Gasteiger partial charge in [-0.2, -0.15) is 0 Å². The molecule has 2 bridgehead atoms. The van der Waals surface area contributed by atoms with Crippen molar-refractivity contribution in [2.75, 3.05) is 0 Å². The summed E-state index contributed by atoms with van der Waals surface area (Å²) in [5.74, 6) is 1.78. The molecule has 2 aliphatic rings. The normalized spacial score (nSPS) is 49.1. The molecule has 0 heterocycles. The van der Waals surface area contributed by atoms with Gasteiger partial charge >= 0.3 is 0 Å². The van der Waals surface area contributed by atoms with Crippen LogP contribution in [-0.2, 0) is 0 Å². The smallest absolute Gasteiger partial charge is 0.150 e. The lowest BCUT2D eigenvalue weighted by molar-refractivity contribution is 0.372. The van der Waals surface area contributed by atoms with Crippen molar-refractivity contribution in [2.45, 2.75) is 37.6 Å². The summed E-state index contributed by atoms with van der Waals surface area (Å²) in [4.78, 5) is 0. The molecule has 3 heteroatoms. The quantitative estimate of drug-likeness (QED) is 0.459. The third kappa shape index (κ3) is 1.08. The molecule has 64 valence electrons. The Morgan fingerprint density at radius 3 is 2.45 bits per heavy atom. The number of rotatable bonds is 1. The van der Waals surface area contributed by atoms with Gasteiger partial charge < -0.3 is 0 Å². The fourth-order valence-corrected chi connectivity index (χ4v) is 6.95. The van der Waals surface area contributed by atoms with E-state index < -0.39 is 7.42 Å². The minimum Gasteiger partial charge on any atom is -0.150 e. The van der Waals surface area contributed by atoms with Crippen molar-refractivity contribution in [1.29, 1.82) is 0 Å². The molecule has 0 saturated heterocycles. The van der Waals surface area contributed by atoms with Gasteiger partial charge in [0, 0.05) is 0 Å². The van der Waals surface area contributed by atoms with Crippen LogP contribution < -0.4 is 0 Å². The fourth-order valence-electron chi connectivity index (χ4n) is 3.01. The van der Waals surface area contributed by atoms with Crippen LogP contribution in [0.4, 0.5) is 0 Å². The van der Waals surface area contributed by atoms with Crippen molar-refractivity contribution in [3.63, 3.8) is 0 Å². The van der Waals surface area contributed by atoms with Gasteiger partial charge in [-0.25, -0.2) is 0 Å². The molecule has 0 amide bonds. The van der Waals surface area contributed by atoms with Crippen LogP contribution in [0, 0.1) is 11.8 Å². The highest BCUT2D eigenvalue weighted by atomic mass is 35.7. The topological polar surface area (TPSA) is 0 Å². The van der Waals surface area contributed by atoms with Crippen molar-refractivity contribution >= 4 is 29.6 Å². The number of fused-ring (bicyclic) bond motifs is 2. The maximum atomic E-state index is 6.17. The van der Waals surface area contributed by atoms with Crippen LogP contribution >= 0.6 is 22.2 Å². The average Bonchev–Trinajstić information content (AvgIpc) is 2.43. The number of hydrogen-bond acceptors (Lipinski definition) is 0. The average molecular weight is 209 g/mol. The molecule has 2 saturated carbocycles. The van der Waals surface area contributed by atoms with Gasteiger partial charge in [-0.05, 0) is 36.1 Å². The second kappa shape index (κ2) is 2.64. The predicted molar refractivity (Wildman–Crippen MR) is 52.7 cm³/mol. The third-order valence-corrected chi connectivity index (χ3v) is 8.36. The Morgan fingerprint density at radius 1 is 1.45 bits per heavy atom. The van der Waals surface area contributed by atoms with Crippen molar-refractivity contribution in [1.82, 2.24) is 0 Å². The maximum Gasteiger partial charge on any atom is 0.243 e. The molecule has 2 rings (SSSR count). The van der Waals surface area contributed by atoms with Gasteiger partial charge in [0.2, 0.25) is 7.42 Å². The molecular formula is C8H14Cl2Si. The third-order valence-electron chi connectivity index (χ3n) is 3.79. The highest BCUT2D eigenvalue weighted by Crippen LogP contribution is 2.65. The molecular weight excluding hydrogens is 195 g/mol. The van der Waals surface area contributed by atoms with Gasteiger partial charge in [0.15, 0.2) is 0 Å². The lowest BCUT2D eigenvalue weighted by Crippen LogP contribution is -2.25. The molecule has 0 aromatic heterocycles. The van der Waals surface area contributed by atoms with E-state index in [0.29, 0.717) is 5.04 Å².